The minimum Gasteiger partial charge on any atom is -0.493 e. The van der Waals surface area contributed by atoms with E-state index in [1.165, 1.54) is 16.9 Å². The molecule has 1 aliphatic heterocycles. The van der Waals surface area contributed by atoms with Crippen molar-refractivity contribution in [2.75, 3.05) is 33.8 Å². The summed E-state index contributed by atoms with van der Waals surface area (Å²) in [5.41, 5.74) is 5.03. The third-order valence-corrected chi connectivity index (χ3v) is 7.55. The molecule has 0 unspecified atom stereocenters. The number of methoxy groups -OCH3 is 1. The Balaban J connectivity index is 1.46. The minimum absolute atomic E-state index is 0.0748. The molecule has 10 heteroatoms. The van der Waals surface area contributed by atoms with Crippen molar-refractivity contribution in [3.05, 3.63) is 29.2 Å². The highest BCUT2D eigenvalue weighted by molar-refractivity contribution is 7.18. The summed E-state index contributed by atoms with van der Waals surface area (Å²) in [5, 5.41) is 8.20. The van der Waals surface area contributed by atoms with E-state index in [4.69, 9.17) is 9.72 Å². The van der Waals surface area contributed by atoms with E-state index in [0.717, 1.165) is 47.5 Å². The van der Waals surface area contributed by atoms with Gasteiger partial charge in [0.1, 0.15) is 16.7 Å². The lowest BCUT2D eigenvalue weighted by molar-refractivity contribution is -0.122. The van der Waals surface area contributed by atoms with Gasteiger partial charge in [0.25, 0.3) is 0 Å². The first-order valence-corrected chi connectivity index (χ1v) is 12.1. The maximum Gasteiger partial charge on any atom is 0.233 e. The fraction of sp³-hybridized carbons (Fsp3) is 0.478. The van der Waals surface area contributed by atoms with Crippen LogP contribution in [0.2, 0.25) is 0 Å². The summed E-state index contributed by atoms with van der Waals surface area (Å²) in [7, 11) is 3.34. The molecule has 0 saturated carbocycles. The Morgan fingerprint density at radius 3 is 2.85 bits per heavy atom. The minimum atomic E-state index is 0.0748. The van der Waals surface area contributed by atoms with Gasteiger partial charge >= 0.3 is 0 Å². The number of likely N-dealkylation sites (N-methyl/N-ethyl adjacent to an activating group) is 1. The number of hydrogen-bond acceptors (Lipinski definition) is 7. The molecule has 1 saturated heterocycles. The topological polar surface area (TPSA) is 100 Å². The number of amides is 1. The number of carbonyl (C=O) groups excluding carboxylic acids is 1. The van der Waals surface area contributed by atoms with Crippen LogP contribution in [0, 0.1) is 0 Å². The average Bonchev–Trinajstić information content (AvgIpc) is 3.52. The molecule has 0 radical (unpaired) electrons. The third-order valence-electron chi connectivity index (χ3n) is 6.42. The van der Waals surface area contributed by atoms with Gasteiger partial charge in [0.2, 0.25) is 5.91 Å². The second-order valence-corrected chi connectivity index (χ2v) is 9.88. The van der Waals surface area contributed by atoms with Crippen LogP contribution in [0.15, 0.2) is 18.6 Å². The number of H-pyrrole nitrogens is 1. The van der Waals surface area contributed by atoms with Crippen molar-refractivity contribution in [2.45, 2.75) is 38.5 Å². The van der Waals surface area contributed by atoms with Crippen LogP contribution in [0.5, 0.6) is 5.75 Å². The van der Waals surface area contributed by atoms with Gasteiger partial charge in [-0.1, -0.05) is 13.8 Å². The van der Waals surface area contributed by atoms with E-state index in [0.29, 0.717) is 29.8 Å². The van der Waals surface area contributed by atoms with Crippen molar-refractivity contribution in [1.29, 1.82) is 0 Å². The predicted molar refractivity (Wildman–Crippen MR) is 129 cm³/mol. The van der Waals surface area contributed by atoms with E-state index in [9.17, 15) is 4.79 Å². The number of nitrogens with zero attached hydrogens (tertiary/aromatic N) is 5. The first kappa shape index (κ1) is 21.8. The number of ether oxygens (including phenoxy) is 1. The molecule has 174 valence electrons. The van der Waals surface area contributed by atoms with Gasteiger partial charge in [0, 0.05) is 30.3 Å². The summed E-state index contributed by atoms with van der Waals surface area (Å²) in [6.45, 7) is 6.72. The van der Waals surface area contributed by atoms with Crippen molar-refractivity contribution in [3.8, 4) is 17.0 Å². The molecular weight excluding hydrogens is 438 g/mol. The molecular formula is C23H29N7O2S. The highest BCUT2D eigenvalue weighted by Crippen LogP contribution is 2.41. The zero-order valence-electron chi connectivity index (χ0n) is 19.4. The van der Waals surface area contributed by atoms with Crippen molar-refractivity contribution in [1.82, 2.24) is 34.8 Å². The zero-order valence-corrected chi connectivity index (χ0v) is 20.2. The number of rotatable bonds is 6. The number of thiazole rings is 1. The number of fused-ring (bicyclic) bond motifs is 2. The van der Waals surface area contributed by atoms with Crippen LogP contribution in [0.25, 0.3) is 27.3 Å². The quantitative estimate of drug-likeness (QED) is 0.451. The Hall–Kier alpha value is -2.98. The van der Waals surface area contributed by atoms with Gasteiger partial charge in [-0.15, -0.1) is 11.3 Å². The van der Waals surface area contributed by atoms with Gasteiger partial charge in [-0.3, -0.25) is 9.69 Å². The van der Waals surface area contributed by atoms with Crippen LogP contribution < -0.4 is 10.1 Å². The van der Waals surface area contributed by atoms with E-state index in [2.05, 4.69) is 39.1 Å². The Labute approximate surface area is 196 Å². The first-order chi connectivity index (χ1) is 16.0. The molecule has 0 aromatic carbocycles. The Bertz CT molecular complexity index is 1300. The van der Waals surface area contributed by atoms with Gasteiger partial charge < -0.3 is 15.0 Å². The van der Waals surface area contributed by atoms with Crippen LogP contribution >= 0.6 is 11.3 Å². The van der Waals surface area contributed by atoms with E-state index >= 15 is 0 Å². The number of hydrogen-bond donors (Lipinski definition) is 2. The normalized spacial score (nSPS) is 15.7. The van der Waals surface area contributed by atoms with Crippen LogP contribution in [0.4, 0.5) is 0 Å². The fourth-order valence-corrected chi connectivity index (χ4v) is 5.82. The molecule has 4 aromatic heterocycles. The zero-order chi connectivity index (χ0) is 23.1. The summed E-state index contributed by atoms with van der Waals surface area (Å²) in [6, 6.07) is 2.01. The molecule has 0 aliphatic carbocycles. The summed E-state index contributed by atoms with van der Waals surface area (Å²) in [5.74, 6) is 1.50. The van der Waals surface area contributed by atoms with E-state index in [-0.39, 0.29) is 5.91 Å². The van der Waals surface area contributed by atoms with E-state index in [1.54, 1.807) is 30.0 Å². The highest BCUT2D eigenvalue weighted by atomic mass is 32.1. The lowest BCUT2D eigenvalue weighted by atomic mass is 9.97. The van der Waals surface area contributed by atoms with Crippen molar-refractivity contribution in [2.24, 2.45) is 0 Å². The number of nitrogens with one attached hydrogen (secondary N) is 2. The monoisotopic (exact) mass is 467 g/mol. The largest absolute Gasteiger partial charge is 0.493 e. The summed E-state index contributed by atoms with van der Waals surface area (Å²) in [4.78, 5) is 28.1. The summed E-state index contributed by atoms with van der Waals surface area (Å²) >= 11 is 1.76. The molecule has 5 rings (SSSR count). The molecule has 4 aromatic rings. The fourth-order valence-electron chi connectivity index (χ4n) is 4.67. The maximum atomic E-state index is 11.7. The molecule has 2 N–H and O–H groups in total. The maximum absolute atomic E-state index is 11.7. The Kier molecular flexibility index (Phi) is 5.79. The molecule has 5 heterocycles. The van der Waals surface area contributed by atoms with Crippen LogP contribution in [-0.4, -0.2) is 69.2 Å². The number of aromatic amines is 1. The number of pyridine rings is 1. The summed E-state index contributed by atoms with van der Waals surface area (Å²) in [6.07, 6.45) is 5.57. The van der Waals surface area contributed by atoms with E-state index in [1.807, 2.05) is 12.3 Å². The second-order valence-electron chi connectivity index (χ2n) is 8.85. The van der Waals surface area contributed by atoms with Crippen LogP contribution in [0.1, 0.15) is 49.1 Å². The highest BCUT2D eigenvalue weighted by Gasteiger charge is 2.27. The van der Waals surface area contributed by atoms with Gasteiger partial charge in [-0.2, -0.15) is 5.10 Å². The number of aromatic nitrogens is 5. The van der Waals surface area contributed by atoms with E-state index < -0.39 is 0 Å². The number of likely N-dealkylation sites (tertiary alicyclic amines) is 1. The summed E-state index contributed by atoms with van der Waals surface area (Å²) < 4.78 is 7.31. The van der Waals surface area contributed by atoms with Gasteiger partial charge in [-0.25, -0.2) is 14.5 Å². The molecule has 1 amide bonds. The van der Waals surface area contributed by atoms with Gasteiger partial charge in [0.05, 0.1) is 24.4 Å². The average molecular weight is 468 g/mol. The molecule has 9 nitrogen and oxygen atoms in total. The molecule has 1 aliphatic rings. The second kappa shape index (κ2) is 8.75. The SMILES string of the molecule is CNC(=O)CN1CCC(c2nc3c(C(C)C)c(-c4cc(OC)c5ncnn5c4)[nH]c3s2)CC1. The van der Waals surface area contributed by atoms with Crippen molar-refractivity contribution < 1.29 is 9.53 Å². The molecule has 1 fully saturated rings. The molecule has 33 heavy (non-hydrogen) atoms. The lowest BCUT2D eigenvalue weighted by Crippen LogP contribution is -2.40. The Morgan fingerprint density at radius 1 is 1.36 bits per heavy atom. The Morgan fingerprint density at radius 2 is 2.15 bits per heavy atom. The first-order valence-electron chi connectivity index (χ1n) is 11.3. The number of piperidine rings is 1. The number of carbonyl (C=O) groups is 1. The standard InChI is InChI=1S/C23H29N7O2S/c1-13(2)18-19(15-9-16(32-4)21-25-12-26-30(21)10-15)27-23-20(18)28-22(33-23)14-5-7-29(8-6-14)11-17(31)24-3/h9-10,12-14,27H,5-8,11H2,1-4H3,(H,24,31). The third kappa shape index (κ3) is 3.97. The predicted octanol–water partition coefficient (Wildman–Crippen LogP) is 3.39. The van der Waals surface area contributed by atoms with Crippen molar-refractivity contribution in [3.63, 3.8) is 0 Å². The van der Waals surface area contributed by atoms with Crippen molar-refractivity contribution >= 4 is 33.2 Å². The molecule has 0 atom stereocenters. The lowest BCUT2D eigenvalue weighted by Gasteiger charge is -2.30. The van der Waals surface area contributed by atoms with Crippen LogP contribution in [-0.2, 0) is 4.79 Å². The molecule has 0 spiro atoms. The smallest absolute Gasteiger partial charge is 0.233 e. The van der Waals surface area contributed by atoms with Gasteiger partial charge in [0.15, 0.2) is 11.4 Å². The van der Waals surface area contributed by atoms with Gasteiger partial charge in [-0.05, 0) is 37.9 Å². The van der Waals surface area contributed by atoms with Crippen LogP contribution in [0.3, 0.4) is 0 Å². The molecule has 0 bridgehead atoms.